The molecule has 0 radical (unpaired) electrons. The van der Waals surface area contributed by atoms with E-state index in [0.29, 0.717) is 17.1 Å². The van der Waals surface area contributed by atoms with Crippen molar-refractivity contribution >= 4 is 14.3 Å². The molecule has 5 heteroatoms. The molecule has 0 saturated carbocycles. The lowest BCUT2D eigenvalue weighted by Gasteiger charge is -2.42. The first-order chi connectivity index (χ1) is 12.3. The van der Waals surface area contributed by atoms with E-state index in [1.165, 1.54) is 29.8 Å². The van der Waals surface area contributed by atoms with Crippen LogP contribution in [0.1, 0.15) is 100 Å². The van der Waals surface area contributed by atoms with Crippen LogP contribution in [0.2, 0.25) is 11.1 Å². The molecule has 1 aromatic rings. The van der Waals surface area contributed by atoms with Crippen LogP contribution < -0.4 is 0 Å². The van der Waals surface area contributed by atoms with Crippen LogP contribution >= 0.6 is 0 Å². The van der Waals surface area contributed by atoms with Gasteiger partial charge in [0, 0.05) is 17.3 Å². The Hall–Kier alpha value is -0.913. The molecule has 1 aromatic heterocycles. The van der Waals surface area contributed by atoms with Crippen LogP contribution in [0.4, 0.5) is 0 Å². The summed E-state index contributed by atoms with van der Waals surface area (Å²) in [6, 6.07) is 0.505. The molecular formula is C21H33NO3Si. The van der Waals surface area contributed by atoms with Crippen LogP contribution in [-0.4, -0.2) is 25.0 Å². The summed E-state index contributed by atoms with van der Waals surface area (Å²) in [7, 11) is -2.52. The zero-order valence-corrected chi connectivity index (χ0v) is 18.1. The summed E-state index contributed by atoms with van der Waals surface area (Å²) in [5.74, 6) is 0.186. The lowest BCUT2D eigenvalue weighted by molar-refractivity contribution is 0.0490. The normalized spacial score (nSPS) is 29.8. The van der Waals surface area contributed by atoms with Gasteiger partial charge in [0.1, 0.15) is 6.10 Å². The Morgan fingerprint density at radius 3 is 2.50 bits per heavy atom. The van der Waals surface area contributed by atoms with Crippen LogP contribution in [0, 0.1) is 0 Å². The largest absolute Gasteiger partial charge is 0.385 e. The van der Waals surface area contributed by atoms with E-state index < -0.39 is 14.7 Å². The summed E-state index contributed by atoms with van der Waals surface area (Å²) in [6.45, 7) is 12.9. The second-order valence-corrected chi connectivity index (χ2v) is 13.2. The zero-order valence-electron chi connectivity index (χ0n) is 17.1. The average Bonchev–Trinajstić information content (AvgIpc) is 3.11. The predicted octanol–water partition coefficient (Wildman–Crippen LogP) is 5.25. The highest BCUT2D eigenvalue weighted by Crippen LogP contribution is 2.52. The molecule has 0 fully saturated rings. The first-order valence-electron chi connectivity index (χ1n) is 10.5. The van der Waals surface area contributed by atoms with Gasteiger partial charge >= 0.3 is 8.56 Å². The first kappa shape index (κ1) is 18.5. The maximum atomic E-state index is 13.5. The molecule has 1 unspecified atom stereocenters. The number of rotatable bonds is 3. The number of hydrogen-bond acceptors (Lipinski definition) is 3. The molecule has 0 aliphatic carbocycles. The fourth-order valence-electron chi connectivity index (χ4n) is 5.68. The van der Waals surface area contributed by atoms with Crippen LogP contribution in [0.5, 0.6) is 0 Å². The second kappa shape index (κ2) is 6.32. The van der Waals surface area contributed by atoms with Crippen molar-refractivity contribution in [2.45, 2.75) is 103 Å². The number of Topliss-reactive ketones (excluding diaryl/α,β-unsaturated/α-hetero) is 1. The molecule has 3 atom stereocenters. The topological polar surface area (TPSA) is 40.5 Å². The van der Waals surface area contributed by atoms with Crippen LogP contribution in [0.25, 0.3) is 0 Å². The Morgan fingerprint density at radius 2 is 1.88 bits per heavy atom. The first-order valence-corrected chi connectivity index (χ1v) is 12.4. The molecule has 0 bridgehead atoms. The van der Waals surface area contributed by atoms with Gasteiger partial charge in [0.15, 0.2) is 5.78 Å². The Labute approximate surface area is 158 Å². The van der Waals surface area contributed by atoms with E-state index in [9.17, 15) is 4.79 Å². The van der Waals surface area contributed by atoms with Crippen LogP contribution in [-0.2, 0) is 21.7 Å². The van der Waals surface area contributed by atoms with Gasteiger partial charge in [-0.3, -0.25) is 4.79 Å². The summed E-state index contributed by atoms with van der Waals surface area (Å²) in [6.07, 6.45) is 5.07. The van der Waals surface area contributed by atoms with Crippen molar-refractivity contribution in [3.05, 3.63) is 22.5 Å². The van der Waals surface area contributed by atoms with Crippen molar-refractivity contribution < 1.29 is 13.6 Å². The summed E-state index contributed by atoms with van der Waals surface area (Å²) in [5.41, 5.74) is 5.44. The van der Waals surface area contributed by atoms with Gasteiger partial charge in [0.25, 0.3) is 0 Å². The molecule has 0 amide bonds. The second-order valence-electron chi connectivity index (χ2n) is 8.95. The SMILES string of the molecule is CCc1c2c3n4c1CCC[C@@H]4C[C@@H]3O[Si](C(C)C)(C(C)C)OC(C)C2=O. The van der Waals surface area contributed by atoms with Gasteiger partial charge in [-0.25, -0.2) is 0 Å². The van der Waals surface area contributed by atoms with E-state index in [1.54, 1.807) is 0 Å². The molecule has 144 valence electrons. The predicted molar refractivity (Wildman–Crippen MR) is 105 cm³/mol. The van der Waals surface area contributed by atoms with Gasteiger partial charge < -0.3 is 13.4 Å². The van der Waals surface area contributed by atoms with Crippen molar-refractivity contribution in [2.75, 3.05) is 0 Å². The van der Waals surface area contributed by atoms with Gasteiger partial charge in [-0.2, -0.15) is 0 Å². The lowest BCUT2D eigenvalue weighted by atomic mass is 9.92. The van der Waals surface area contributed by atoms with E-state index in [0.717, 1.165) is 24.8 Å². The quantitative estimate of drug-likeness (QED) is 0.677. The molecule has 26 heavy (non-hydrogen) atoms. The average molecular weight is 376 g/mol. The van der Waals surface area contributed by atoms with Crippen molar-refractivity contribution in [1.82, 2.24) is 4.57 Å². The molecule has 0 aromatic carbocycles. The lowest BCUT2D eigenvalue weighted by Crippen LogP contribution is -2.53. The van der Waals surface area contributed by atoms with E-state index in [1.807, 2.05) is 6.92 Å². The molecule has 3 aliphatic heterocycles. The summed E-state index contributed by atoms with van der Waals surface area (Å²) in [4.78, 5) is 13.5. The molecular weight excluding hydrogens is 342 g/mol. The fraction of sp³-hybridized carbons (Fsp3) is 0.762. The highest BCUT2D eigenvalue weighted by molar-refractivity contribution is 6.70. The van der Waals surface area contributed by atoms with Gasteiger partial charge in [0.05, 0.1) is 11.8 Å². The van der Waals surface area contributed by atoms with Gasteiger partial charge in [0.2, 0.25) is 0 Å². The minimum absolute atomic E-state index is 0.0278. The van der Waals surface area contributed by atoms with E-state index in [2.05, 4.69) is 39.2 Å². The van der Waals surface area contributed by atoms with Crippen LogP contribution in [0.3, 0.4) is 0 Å². The van der Waals surface area contributed by atoms with Crippen molar-refractivity contribution in [3.63, 3.8) is 0 Å². The third-order valence-electron chi connectivity index (χ3n) is 6.83. The number of nitrogens with zero attached hydrogens (tertiary/aromatic N) is 1. The van der Waals surface area contributed by atoms with Gasteiger partial charge in [-0.1, -0.05) is 34.6 Å². The maximum Gasteiger partial charge on any atom is 0.344 e. The number of aromatic nitrogens is 1. The van der Waals surface area contributed by atoms with Crippen LogP contribution in [0.15, 0.2) is 0 Å². The highest BCUT2D eigenvalue weighted by Gasteiger charge is 2.54. The monoisotopic (exact) mass is 375 g/mol. The fourth-order valence-corrected chi connectivity index (χ4v) is 9.47. The Balaban J connectivity index is 1.93. The van der Waals surface area contributed by atoms with Crippen molar-refractivity contribution in [3.8, 4) is 0 Å². The van der Waals surface area contributed by atoms with E-state index in [4.69, 9.17) is 8.85 Å². The smallest absolute Gasteiger partial charge is 0.344 e. The molecule has 0 spiro atoms. The summed E-state index contributed by atoms with van der Waals surface area (Å²) >= 11 is 0. The molecule has 4 rings (SSSR count). The van der Waals surface area contributed by atoms with Crippen molar-refractivity contribution in [2.24, 2.45) is 0 Å². The number of carbonyl (C=O) groups is 1. The number of carbonyl (C=O) groups excluding carboxylic acids is 1. The van der Waals surface area contributed by atoms with Crippen molar-refractivity contribution in [1.29, 1.82) is 0 Å². The Morgan fingerprint density at radius 1 is 1.19 bits per heavy atom. The van der Waals surface area contributed by atoms with E-state index >= 15 is 0 Å². The Bertz CT molecular complexity index is 728. The maximum absolute atomic E-state index is 13.5. The van der Waals surface area contributed by atoms with E-state index in [-0.39, 0.29) is 11.9 Å². The third kappa shape index (κ3) is 2.36. The molecule has 4 nitrogen and oxygen atoms in total. The highest BCUT2D eigenvalue weighted by atomic mass is 28.4. The minimum atomic E-state index is -2.52. The molecule has 3 aliphatic rings. The standard InChI is InChI=1S/C21H33NO3Si/c1-7-16-17-10-8-9-15-11-18-20(22(15)17)19(16)21(23)14(6)24-26(25-18,12(2)3)13(4)5/h12-15,18H,7-11H2,1-6H3/t14?,15-,18+/m1/s1. The molecule has 0 N–H and O–H groups in total. The number of hydrogen-bond donors (Lipinski definition) is 0. The zero-order chi connectivity index (χ0) is 18.8. The molecule has 0 saturated heterocycles. The van der Waals surface area contributed by atoms with Gasteiger partial charge in [-0.15, -0.1) is 0 Å². The number of ketones is 1. The summed E-state index contributed by atoms with van der Waals surface area (Å²) < 4.78 is 16.1. The Kier molecular flexibility index (Phi) is 4.48. The minimum Gasteiger partial charge on any atom is -0.385 e. The molecule has 4 heterocycles. The third-order valence-corrected chi connectivity index (χ3v) is 11.4. The van der Waals surface area contributed by atoms with Gasteiger partial charge in [-0.05, 0) is 55.7 Å². The summed E-state index contributed by atoms with van der Waals surface area (Å²) in [5, 5.41) is 0.